The summed E-state index contributed by atoms with van der Waals surface area (Å²) in [6.07, 6.45) is 0. The molecule has 1 N–H and O–H groups in total. The summed E-state index contributed by atoms with van der Waals surface area (Å²) < 4.78 is 32.2. The molecule has 0 aliphatic rings. The number of rotatable bonds is 10. The van der Waals surface area contributed by atoms with Gasteiger partial charge in [0, 0.05) is 12.1 Å². The van der Waals surface area contributed by atoms with E-state index in [0.29, 0.717) is 28.6 Å². The van der Waals surface area contributed by atoms with Crippen LogP contribution < -0.4 is 28.4 Å². The molecule has 0 aliphatic carbocycles. The van der Waals surface area contributed by atoms with Crippen LogP contribution in [0.2, 0.25) is 0 Å². The molecular formula is C36H28O10. The lowest BCUT2D eigenvalue weighted by atomic mass is 10.1. The van der Waals surface area contributed by atoms with E-state index in [-0.39, 0.29) is 28.4 Å². The van der Waals surface area contributed by atoms with Gasteiger partial charge in [0.05, 0.1) is 32.5 Å². The maximum atomic E-state index is 12.9. The molecule has 0 saturated carbocycles. The van der Waals surface area contributed by atoms with Gasteiger partial charge in [0.25, 0.3) is 0 Å². The minimum atomic E-state index is -0.682. The number of methoxy groups -OCH3 is 3. The minimum absolute atomic E-state index is 0.0609. The van der Waals surface area contributed by atoms with Gasteiger partial charge in [-0.1, -0.05) is 24.3 Å². The molecule has 10 heteroatoms. The average Bonchev–Trinajstić information content (AvgIpc) is 3.08. The van der Waals surface area contributed by atoms with Gasteiger partial charge in [-0.25, -0.2) is 14.4 Å². The standard InChI is InChI=1S/C36H28O10/c1-41-31-21-33(43-3)32(42-2)20-30(31)36(40)46-29-18-10-25(11-19-29)35(39)45-28-16-8-23(9-17-28)22-6-14-27(15-7-22)44-34(38)24-4-12-26(37)13-5-24/h4-21,37H,1-3H3. The predicted molar refractivity (Wildman–Crippen MR) is 167 cm³/mol. The van der Waals surface area contributed by atoms with Crippen LogP contribution in [0.3, 0.4) is 0 Å². The minimum Gasteiger partial charge on any atom is -0.508 e. The van der Waals surface area contributed by atoms with Crippen molar-refractivity contribution in [2.24, 2.45) is 0 Å². The van der Waals surface area contributed by atoms with E-state index >= 15 is 0 Å². The third-order valence-electron chi connectivity index (χ3n) is 6.79. The van der Waals surface area contributed by atoms with E-state index in [1.807, 2.05) is 0 Å². The van der Waals surface area contributed by atoms with Gasteiger partial charge in [0.1, 0.15) is 34.3 Å². The van der Waals surface area contributed by atoms with E-state index in [9.17, 15) is 19.5 Å². The third kappa shape index (κ3) is 7.25. The molecule has 0 spiro atoms. The lowest BCUT2D eigenvalue weighted by molar-refractivity contribution is 0.0722. The number of carbonyl (C=O) groups is 3. The van der Waals surface area contributed by atoms with Crippen molar-refractivity contribution < 1.29 is 47.9 Å². The molecule has 0 saturated heterocycles. The van der Waals surface area contributed by atoms with Crippen LogP contribution in [-0.4, -0.2) is 44.3 Å². The monoisotopic (exact) mass is 620 g/mol. The lowest BCUT2D eigenvalue weighted by Crippen LogP contribution is -2.12. The first-order valence-corrected chi connectivity index (χ1v) is 13.8. The highest BCUT2D eigenvalue weighted by Crippen LogP contribution is 2.35. The molecule has 0 aliphatic heterocycles. The van der Waals surface area contributed by atoms with Crippen LogP contribution in [0.1, 0.15) is 31.1 Å². The Hall–Kier alpha value is -6.29. The Morgan fingerprint density at radius 3 is 1.26 bits per heavy atom. The maximum Gasteiger partial charge on any atom is 0.347 e. The number of benzene rings is 5. The van der Waals surface area contributed by atoms with Crippen LogP contribution >= 0.6 is 0 Å². The number of hydrogen-bond donors (Lipinski definition) is 1. The Labute approximate surface area is 264 Å². The SMILES string of the molecule is COc1cc(OC)c(C(=O)Oc2ccc(C(=O)Oc3ccc(-c4ccc(OC(=O)c5ccc(O)cc5)cc4)cc3)cc2)cc1OC. The van der Waals surface area contributed by atoms with Crippen molar-refractivity contribution in [3.63, 3.8) is 0 Å². The van der Waals surface area contributed by atoms with Gasteiger partial charge in [-0.15, -0.1) is 0 Å². The normalized spacial score (nSPS) is 10.4. The number of carbonyl (C=O) groups excluding carboxylic acids is 3. The summed E-state index contributed by atoms with van der Waals surface area (Å²) in [6, 6.07) is 28.6. The van der Waals surface area contributed by atoms with Gasteiger partial charge >= 0.3 is 17.9 Å². The molecule has 0 heterocycles. The van der Waals surface area contributed by atoms with Crippen molar-refractivity contribution in [2.45, 2.75) is 0 Å². The third-order valence-corrected chi connectivity index (χ3v) is 6.79. The molecule has 0 atom stereocenters. The molecule has 0 bridgehead atoms. The van der Waals surface area contributed by atoms with Gasteiger partial charge in [-0.05, 0) is 83.9 Å². The molecule has 0 radical (unpaired) electrons. The van der Waals surface area contributed by atoms with Crippen molar-refractivity contribution in [3.05, 3.63) is 126 Å². The zero-order valence-electron chi connectivity index (χ0n) is 25.0. The second kappa shape index (κ2) is 14.0. The topological polar surface area (TPSA) is 127 Å². The molecule has 0 aromatic heterocycles. The Morgan fingerprint density at radius 1 is 0.457 bits per heavy atom. The molecule has 5 aromatic rings. The van der Waals surface area contributed by atoms with Crippen LogP contribution in [0.5, 0.6) is 40.2 Å². The smallest absolute Gasteiger partial charge is 0.347 e. The second-order valence-corrected chi connectivity index (χ2v) is 9.70. The fourth-order valence-corrected chi connectivity index (χ4v) is 4.37. The van der Waals surface area contributed by atoms with Gasteiger partial charge in [0.2, 0.25) is 0 Å². The molecule has 5 aromatic carbocycles. The van der Waals surface area contributed by atoms with Gasteiger partial charge in [-0.3, -0.25) is 0 Å². The molecule has 5 rings (SSSR count). The summed E-state index contributed by atoms with van der Waals surface area (Å²) >= 11 is 0. The number of ether oxygens (including phenoxy) is 6. The van der Waals surface area contributed by atoms with Crippen molar-refractivity contribution in [1.82, 2.24) is 0 Å². The Morgan fingerprint density at radius 2 is 0.826 bits per heavy atom. The predicted octanol–water partition coefficient (Wildman–Crippen LogP) is 6.74. The van der Waals surface area contributed by atoms with E-state index in [1.54, 1.807) is 48.5 Å². The van der Waals surface area contributed by atoms with Crippen LogP contribution in [0.15, 0.2) is 109 Å². The van der Waals surface area contributed by atoms with Crippen LogP contribution in [0, 0.1) is 0 Å². The highest BCUT2D eigenvalue weighted by atomic mass is 16.5. The Kier molecular flexibility index (Phi) is 9.48. The Balaban J connectivity index is 1.17. The van der Waals surface area contributed by atoms with Crippen molar-refractivity contribution in [2.75, 3.05) is 21.3 Å². The zero-order valence-corrected chi connectivity index (χ0v) is 25.0. The van der Waals surface area contributed by atoms with Crippen LogP contribution in [-0.2, 0) is 0 Å². The van der Waals surface area contributed by atoms with Crippen molar-refractivity contribution in [1.29, 1.82) is 0 Å². The number of phenols is 1. The summed E-state index contributed by atoms with van der Waals surface area (Å²) in [5.74, 6) is 0.154. The maximum absolute atomic E-state index is 12.9. The van der Waals surface area contributed by atoms with Crippen LogP contribution in [0.4, 0.5) is 0 Å². The summed E-state index contributed by atoms with van der Waals surface area (Å²) in [7, 11) is 4.35. The van der Waals surface area contributed by atoms with Crippen LogP contribution in [0.25, 0.3) is 11.1 Å². The molecular weight excluding hydrogens is 592 g/mol. The van der Waals surface area contributed by atoms with E-state index in [1.165, 1.54) is 82.0 Å². The van der Waals surface area contributed by atoms with E-state index in [0.717, 1.165) is 11.1 Å². The second-order valence-electron chi connectivity index (χ2n) is 9.70. The molecule has 46 heavy (non-hydrogen) atoms. The quantitative estimate of drug-likeness (QED) is 0.132. The molecule has 10 nitrogen and oxygen atoms in total. The Bertz CT molecular complexity index is 1840. The summed E-state index contributed by atoms with van der Waals surface area (Å²) in [5.41, 5.74) is 2.42. The number of phenolic OH excluding ortho intramolecular Hbond substituents is 1. The number of hydrogen-bond acceptors (Lipinski definition) is 10. The first kappa shape index (κ1) is 31.1. The number of aromatic hydroxyl groups is 1. The fourth-order valence-electron chi connectivity index (χ4n) is 4.37. The van der Waals surface area contributed by atoms with Gasteiger partial charge in [0.15, 0.2) is 11.5 Å². The highest BCUT2D eigenvalue weighted by Gasteiger charge is 2.20. The van der Waals surface area contributed by atoms with E-state index < -0.39 is 17.9 Å². The lowest BCUT2D eigenvalue weighted by Gasteiger charge is -2.13. The fraction of sp³-hybridized carbons (Fsp3) is 0.0833. The van der Waals surface area contributed by atoms with Gasteiger partial charge in [-0.2, -0.15) is 0 Å². The molecule has 232 valence electrons. The average molecular weight is 621 g/mol. The summed E-state index contributed by atoms with van der Waals surface area (Å²) in [5, 5.41) is 9.38. The summed E-state index contributed by atoms with van der Waals surface area (Å²) in [4.78, 5) is 37.9. The van der Waals surface area contributed by atoms with E-state index in [2.05, 4.69) is 0 Å². The van der Waals surface area contributed by atoms with E-state index in [4.69, 9.17) is 28.4 Å². The largest absolute Gasteiger partial charge is 0.508 e. The molecule has 0 amide bonds. The molecule has 0 unspecified atom stereocenters. The first-order chi connectivity index (χ1) is 22.3. The molecule has 0 fully saturated rings. The van der Waals surface area contributed by atoms with Crippen molar-refractivity contribution >= 4 is 17.9 Å². The highest BCUT2D eigenvalue weighted by molar-refractivity contribution is 5.95. The van der Waals surface area contributed by atoms with Gasteiger partial charge < -0.3 is 33.5 Å². The number of esters is 3. The van der Waals surface area contributed by atoms with Crippen molar-refractivity contribution in [3.8, 4) is 51.4 Å². The first-order valence-electron chi connectivity index (χ1n) is 13.8. The zero-order chi connectivity index (χ0) is 32.6. The summed E-state index contributed by atoms with van der Waals surface area (Å²) in [6.45, 7) is 0.